The molecule has 0 unspecified atom stereocenters. The topological polar surface area (TPSA) is 92.7 Å². The molecule has 148 valence electrons. The van der Waals surface area contributed by atoms with E-state index in [1.54, 1.807) is 9.80 Å². The molecule has 0 radical (unpaired) electrons. The standard InChI is InChI=1S/C17H15F3N4O4/c18-17(19,20)12-1-4-14(21-11-12)22-7-9-23(10-8-22)15(25)5-2-13-3-6-16(28-13)24(26)27/h1-6,11H,7-10H2/b5-2+. The van der Waals surface area contributed by atoms with E-state index in [0.717, 1.165) is 12.3 Å². The Morgan fingerprint density at radius 2 is 1.89 bits per heavy atom. The van der Waals surface area contributed by atoms with Gasteiger partial charge in [0.25, 0.3) is 0 Å². The van der Waals surface area contributed by atoms with Gasteiger partial charge in [0.05, 0.1) is 11.6 Å². The fraction of sp³-hybridized carbons (Fsp3) is 0.294. The molecule has 0 atom stereocenters. The van der Waals surface area contributed by atoms with Gasteiger partial charge < -0.3 is 14.2 Å². The lowest BCUT2D eigenvalue weighted by molar-refractivity contribution is -0.402. The molecule has 0 aromatic carbocycles. The summed E-state index contributed by atoms with van der Waals surface area (Å²) in [6, 6.07) is 4.87. The predicted molar refractivity (Wildman–Crippen MR) is 92.4 cm³/mol. The van der Waals surface area contributed by atoms with Crippen molar-refractivity contribution in [1.29, 1.82) is 0 Å². The quantitative estimate of drug-likeness (QED) is 0.448. The second-order valence-corrected chi connectivity index (χ2v) is 5.98. The molecule has 1 aliphatic rings. The zero-order valence-corrected chi connectivity index (χ0v) is 14.4. The number of alkyl halides is 3. The molecule has 0 aliphatic carbocycles. The van der Waals surface area contributed by atoms with Gasteiger partial charge in [0, 0.05) is 38.5 Å². The van der Waals surface area contributed by atoms with E-state index in [1.807, 2.05) is 0 Å². The number of nitro groups is 1. The van der Waals surface area contributed by atoms with Gasteiger partial charge in [-0.2, -0.15) is 13.2 Å². The summed E-state index contributed by atoms with van der Waals surface area (Å²) >= 11 is 0. The van der Waals surface area contributed by atoms with Crippen LogP contribution < -0.4 is 4.90 Å². The Morgan fingerprint density at radius 1 is 1.18 bits per heavy atom. The first kappa shape index (κ1) is 19.4. The summed E-state index contributed by atoms with van der Waals surface area (Å²) in [7, 11) is 0. The smallest absolute Gasteiger partial charge is 0.401 e. The maximum Gasteiger partial charge on any atom is 0.433 e. The number of pyridine rings is 1. The number of anilines is 1. The summed E-state index contributed by atoms with van der Waals surface area (Å²) in [5, 5.41) is 10.6. The van der Waals surface area contributed by atoms with E-state index in [4.69, 9.17) is 4.42 Å². The predicted octanol–water partition coefficient (Wildman–Crippen LogP) is 2.96. The van der Waals surface area contributed by atoms with Gasteiger partial charge in [-0.3, -0.25) is 14.9 Å². The molecule has 0 saturated carbocycles. The van der Waals surface area contributed by atoms with E-state index in [2.05, 4.69) is 4.98 Å². The molecule has 0 N–H and O–H groups in total. The van der Waals surface area contributed by atoms with Gasteiger partial charge in [-0.1, -0.05) is 0 Å². The Labute approximate surface area is 157 Å². The fourth-order valence-corrected chi connectivity index (χ4v) is 2.69. The number of nitrogens with zero attached hydrogens (tertiary/aromatic N) is 4. The Balaban J connectivity index is 1.55. The molecule has 8 nitrogen and oxygen atoms in total. The molecular formula is C17H15F3N4O4. The molecule has 11 heteroatoms. The van der Waals surface area contributed by atoms with E-state index in [0.29, 0.717) is 32.0 Å². The molecule has 2 aromatic rings. The molecule has 0 bridgehead atoms. The van der Waals surface area contributed by atoms with Crippen LogP contribution in [0.15, 0.2) is 41.0 Å². The number of carbonyl (C=O) groups is 1. The summed E-state index contributed by atoms with van der Waals surface area (Å²) in [5.41, 5.74) is -0.812. The first-order valence-corrected chi connectivity index (χ1v) is 8.23. The van der Waals surface area contributed by atoms with E-state index < -0.39 is 22.5 Å². The first-order chi connectivity index (χ1) is 13.2. The lowest BCUT2D eigenvalue weighted by Gasteiger charge is -2.35. The van der Waals surface area contributed by atoms with E-state index in [9.17, 15) is 28.1 Å². The maximum absolute atomic E-state index is 12.6. The monoisotopic (exact) mass is 396 g/mol. The second-order valence-electron chi connectivity index (χ2n) is 5.98. The SMILES string of the molecule is O=C(/C=C/c1ccc([N+](=O)[O-])o1)N1CCN(c2ccc(C(F)(F)F)cn2)CC1. The highest BCUT2D eigenvalue weighted by Crippen LogP contribution is 2.29. The first-order valence-electron chi connectivity index (χ1n) is 8.23. The molecule has 3 rings (SSSR count). The van der Waals surface area contributed by atoms with Crippen LogP contribution >= 0.6 is 0 Å². The van der Waals surface area contributed by atoms with Crippen LogP contribution in [0.4, 0.5) is 24.9 Å². The van der Waals surface area contributed by atoms with Crippen LogP contribution in [0.2, 0.25) is 0 Å². The minimum absolute atomic E-state index is 0.188. The van der Waals surface area contributed by atoms with Crippen LogP contribution in [0.25, 0.3) is 6.08 Å². The van der Waals surface area contributed by atoms with Crippen molar-refractivity contribution in [3.05, 3.63) is 58.0 Å². The number of rotatable bonds is 4. The van der Waals surface area contributed by atoms with Crippen molar-refractivity contribution in [3.8, 4) is 0 Å². The highest BCUT2D eigenvalue weighted by molar-refractivity contribution is 5.91. The maximum atomic E-state index is 12.6. The molecule has 0 spiro atoms. The third-order valence-electron chi connectivity index (χ3n) is 4.17. The van der Waals surface area contributed by atoms with Crippen LogP contribution in [0.1, 0.15) is 11.3 Å². The van der Waals surface area contributed by atoms with Crippen LogP contribution in [0.3, 0.4) is 0 Å². The number of amides is 1. The zero-order valence-electron chi connectivity index (χ0n) is 14.4. The van der Waals surface area contributed by atoms with Gasteiger partial charge in [0.1, 0.15) is 16.5 Å². The summed E-state index contributed by atoms with van der Waals surface area (Å²) in [6.07, 6.45) is -1.04. The minimum atomic E-state index is -4.43. The van der Waals surface area contributed by atoms with Crippen LogP contribution in [-0.2, 0) is 11.0 Å². The average Bonchev–Trinajstić information content (AvgIpc) is 3.15. The van der Waals surface area contributed by atoms with Crippen LogP contribution in [0, 0.1) is 10.1 Å². The summed E-state index contributed by atoms with van der Waals surface area (Å²) in [6.45, 7) is 1.57. The van der Waals surface area contributed by atoms with Crippen molar-refractivity contribution in [2.45, 2.75) is 6.18 Å². The highest BCUT2D eigenvalue weighted by atomic mass is 19.4. The van der Waals surface area contributed by atoms with Gasteiger partial charge >= 0.3 is 12.1 Å². The van der Waals surface area contributed by atoms with Crippen molar-refractivity contribution in [2.75, 3.05) is 31.1 Å². The number of piperazine rings is 1. The van der Waals surface area contributed by atoms with Crippen molar-refractivity contribution < 1.29 is 27.3 Å². The number of hydrogen-bond donors (Lipinski definition) is 0. The Bertz CT molecular complexity index is 885. The van der Waals surface area contributed by atoms with Gasteiger partial charge in [-0.25, -0.2) is 4.98 Å². The number of furan rings is 1. The van der Waals surface area contributed by atoms with Crippen molar-refractivity contribution >= 4 is 23.7 Å². The number of halogens is 3. The van der Waals surface area contributed by atoms with Crippen LogP contribution in [-0.4, -0.2) is 46.9 Å². The molecule has 1 amide bonds. The number of carbonyl (C=O) groups excluding carboxylic acids is 1. The fourth-order valence-electron chi connectivity index (χ4n) is 2.69. The summed E-state index contributed by atoms with van der Waals surface area (Å²) in [4.78, 5) is 29.3. The van der Waals surface area contributed by atoms with Crippen molar-refractivity contribution in [2.24, 2.45) is 0 Å². The molecule has 2 aromatic heterocycles. The minimum Gasteiger partial charge on any atom is -0.401 e. The van der Waals surface area contributed by atoms with E-state index in [1.165, 1.54) is 30.4 Å². The lowest BCUT2D eigenvalue weighted by Crippen LogP contribution is -2.48. The molecule has 1 aliphatic heterocycles. The highest BCUT2D eigenvalue weighted by Gasteiger charge is 2.31. The Morgan fingerprint density at radius 3 is 2.43 bits per heavy atom. The van der Waals surface area contributed by atoms with Gasteiger partial charge in [0.15, 0.2) is 0 Å². The normalized spacial score (nSPS) is 15.2. The third-order valence-corrected chi connectivity index (χ3v) is 4.17. The molecule has 28 heavy (non-hydrogen) atoms. The third kappa shape index (κ3) is 4.48. The average molecular weight is 396 g/mol. The lowest BCUT2D eigenvalue weighted by atomic mass is 10.2. The molecule has 3 heterocycles. The number of hydrogen-bond acceptors (Lipinski definition) is 6. The van der Waals surface area contributed by atoms with Crippen LogP contribution in [0.5, 0.6) is 0 Å². The van der Waals surface area contributed by atoms with E-state index in [-0.39, 0.29) is 11.7 Å². The number of aromatic nitrogens is 1. The zero-order chi connectivity index (χ0) is 20.3. The van der Waals surface area contributed by atoms with Gasteiger partial charge in [0.2, 0.25) is 5.91 Å². The largest absolute Gasteiger partial charge is 0.433 e. The molecular weight excluding hydrogens is 381 g/mol. The Kier molecular flexibility index (Phi) is 5.34. The van der Waals surface area contributed by atoms with Crippen molar-refractivity contribution in [3.63, 3.8) is 0 Å². The molecule has 1 saturated heterocycles. The summed E-state index contributed by atoms with van der Waals surface area (Å²) < 4.78 is 42.7. The Hall–Kier alpha value is -3.37. The summed E-state index contributed by atoms with van der Waals surface area (Å²) in [5.74, 6) is -0.102. The van der Waals surface area contributed by atoms with Gasteiger partial charge in [-0.05, 0) is 24.3 Å². The van der Waals surface area contributed by atoms with Crippen molar-refractivity contribution in [1.82, 2.24) is 9.88 Å². The second kappa shape index (κ2) is 7.71. The van der Waals surface area contributed by atoms with Gasteiger partial charge in [-0.15, -0.1) is 0 Å². The van der Waals surface area contributed by atoms with E-state index >= 15 is 0 Å². The molecule has 1 fully saturated rings.